The third kappa shape index (κ3) is 2.02. The zero-order chi connectivity index (χ0) is 13.4. The number of hydrazine groups is 1. The van der Waals surface area contributed by atoms with E-state index >= 15 is 0 Å². The van der Waals surface area contributed by atoms with Crippen LogP contribution in [0.2, 0.25) is 0 Å². The Morgan fingerprint density at radius 1 is 1.26 bits per heavy atom. The van der Waals surface area contributed by atoms with Crippen LogP contribution in [0.25, 0.3) is 11.4 Å². The molecule has 0 unspecified atom stereocenters. The molecule has 0 bridgehead atoms. The number of fused-ring (bicyclic) bond motifs is 1. The second kappa shape index (κ2) is 4.51. The van der Waals surface area contributed by atoms with Gasteiger partial charge in [-0.25, -0.2) is 15.8 Å². The second-order valence-corrected chi connectivity index (χ2v) is 4.67. The molecule has 5 nitrogen and oxygen atoms in total. The van der Waals surface area contributed by atoms with Crippen LogP contribution in [0.1, 0.15) is 16.8 Å². The van der Waals surface area contributed by atoms with Crippen molar-refractivity contribution in [3.63, 3.8) is 0 Å². The van der Waals surface area contributed by atoms with Gasteiger partial charge in [0.2, 0.25) is 0 Å². The fourth-order valence-electron chi connectivity index (χ4n) is 2.22. The SMILES string of the molecule is Cc1nc(-c2ccc3c(c2)CCO3)nc(NN)c1C. The molecule has 0 radical (unpaired) electrons. The number of nitrogens with two attached hydrogens (primary N) is 1. The summed E-state index contributed by atoms with van der Waals surface area (Å²) in [5, 5.41) is 0. The van der Waals surface area contributed by atoms with Gasteiger partial charge in [0.15, 0.2) is 5.82 Å². The number of hydrogen-bond donors (Lipinski definition) is 2. The molecule has 1 aliphatic heterocycles. The molecule has 0 aliphatic carbocycles. The molecule has 0 amide bonds. The number of benzene rings is 1. The van der Waals surface area contributed by atoms with E-state index in [-0.39, 0.29) is 0 Å². The number of aryl methyl sites for hydroxylation is 1. The number of nitrogens with one attached hydrogen (secondary N) is 1. The van der Waals surface area contributed by atoms with E-state index in [9.17, 15) is 0 Å². The number of nitrogens with zero attached hydrogens (tertiary/aromatic N) is 2. The molecule has 19 heavy (non-hydrogen) atoms. The van der Waals surface area contributed by atoms with Gasteiger partial charge in [-0.1, -0.05) is 0 Å². The summed E-state index contributed by atoms with van der Waals surface area (Å²) in [6.07, 6.45) is 0.940. The highest BCUT2D eigenvalue weighted by molar-refractivity contribution is 5.62. The van der Waals surface area contributed by atoms with E-state index in [1.807, 2.05) is 26.0 Å². The number of hydrogen-bond acceptors (Lipinski definition) is 5. The Kier molecular flexibility index (Phi) is 2.83. The number of rotatable bonds is 2. The summed E-state index contributed by atoms with van der Waals surface area (Å²) in [7, 11) is 0. The van der Waals surface area contributed by atoms with Crippen molar-refractivity contribution < 1.29 is 4.74 Å². The van der Waals surface area contributed by atoms with E-state index in [4.69, 9.17) is 10.6 Å². The normalized spacial score (nSPS) is 13.0. The summed E-state index contributed by atoms with van der Waals surface area (Å²) in [6.45, 7) is 4.66. The molecule has 0 atom stereocenters. The molecule has 0 spiro atoms. The molecule has 1 aromatic heterocycles. The van der Waals surface area contributed by atoms with Gasteiger partial charge in [0.25, 0.3) is 0 Å². The van der Waals surface area contributed by atoms with Crippen molar-refractivity contribution >= 4 is 5.82 Å². The molecule has 5 heteroatoms. The van der Waals surface area contributed by atoms with Crippen molar-refractivity contribution in [1.29, 1.82) is 0 Å². The fraction of sp³-hybridized carbons (Fsp3) is 0.286. The van der Waals surface area contributed by atoms with Gasteiger partial charge >= 0.3 is 0 Å². The maximum absolute atomic E-state index is 5.50. The van der Waals surface area contributed by atoms with E-state index < -0.39 is 0 Å². The lowest BCUT2D eigenvalue weighted by Crippen LogP contribution is -2.12. The second-order valence-electron chi connectivity index (χ2n) is 4.67. The Balaban J connectivity index is 2.09. The van der Waals surface area contributed by atoms with Crippen LogP contribution in [0, 0.1) is 13.8 Å². The first-order valence-corrected chi connectivity index (χ1v) is 6.27. The average Bonchev–Trinajstić information content (AvgIpc) is 2.89. The fourth-order valence-corrected chi connectivity index (χ4v) is 2.22. The maximum atomic E-state index is 5.50. The van der Waals surface area contributed by atoms with Crippen LogP contribution in [-0.4, -0.2) is 16.6 Å². The molecule has 3 N–H and O–H groups in total. The van der Waals surface area contributed by atoms with Gasteiger partial charge in [-0.2, -0.15) is 0 Å². The molecule has 98 valence electrons. The highest BCUT2D eigenvalue weighted by atomic mass is 16.5. The molecule has 2 heterocycles. The standard InChI is InChI=1S/C14H16N4O/c1-8-9(2)16-14(17-13(8)18-15)11-3-4-12-10(7-11)5-6-19-12/h3-4,7H,5-6,15H2,1-2H3,(H,16,17,18). The van der Waals surface area contributed by atoms with Gasteiger partial charge < -0.3 is 10.2 Å². The van der Waals surface area contributed by atoms with Crippen molar-refractivity contribution in [2.45, 2.75) is 20.3 Å². The zero-order valence-corrected chi connectivity index (χ0v) is 11.0. The number of aromatic nitrogens is 2. The minimum Gasteiger partial charge on any atom is -0.493 e. The molecule has 0 fully saturated rings. The Bertz CT molecular complexity index is 640. The highest BCUT2D eigenvalue weighted by Gasteiger charge is 2.15. The van der Waals surface area contributed by atoms with Crippen LogP contribution in [0.3, 0.4) is 0 Å². The van der Waals surface area contributed by atoms with Gasteiger partial charge in [-0.3, -0.25) is 0 Å². The van der Waals surface area contributed by atoms with Crippen LogP contribution < -0.4 is 16.0 Å². The van der Waals surface area contributed by atoms with Crippen LogP contribution in [-0.2, 0) is 6.42 Å². The van der Waals surface area contributed by atoms with E-state index in [0.717, 1.165) is 35.6 Å². The summed E-state index contributed by atoms with van der Waals surface area (Å²) in [5.41, 5.74) is 6.72. The van der Waals surface area contributed by atoms with Crippen LogP contribution >= 0.6 is 0 Å². The number of anilines is 1. The molecule has 0 saturated heterocycles. The van der Waals surface area contributed by atoms with E-state index in [1.54, 1.807) is 0 Å². The third-order valence-electron chi connectivity index (χ3n) is 3.47. The summed E-state index contributed by atoms with van der Waals surface area (Å²) in [6, 6.07) is 6.05. The maximum Gasteiger partial charge on any atom is 0.161 e. The summed E-state index contributed by atoms with van der Waals surface area (Å²) in [5.74, 6) is 7.81. The van der Waals surface area contributed by atoms with Gasteiger partial charge in [0, 0.05) is 23.2 Å². The predicted molar refractivity (Wildman–Crippen MR) is 74.0 cm³/mol. The first-order chi connectivity index (χ1) is 9.19. The van der Waals surface area contributed by atoms with Gasteiger partial charge in [-0.05, 0) is 37.6 Å². The largest absolute Gasteiger partial charge is 0.493 e. The molecule has 1 aromatic carbocycles. The van der Waals surface area contributed by atoms with Crippen molar-refractivity contribution in [3.8, 4) is 17.1 Å². The lowest BCUT2D eigenvalue weighted by molar-refractivity contribution is 0.357. The highest BCUT2D eigenvalue weighted by Crippen LogP contribution is 2.30. The van der Waals surface area contributed by atoms with Gasteiger partial charge in [-0.15, -0.1) is 0 Å². The Morgan fingerprint density at radius 3 is 2.89 bits per heavy atom. The molecule has 2 aromatic rings. The Morgan fingerprint density at radius 2 is 2.11 bits per heavy atom. The van der Waals surface area contributed by atoms with Gasteiger partial charge in [0.05, 0.1) is 6.61 Å². The predicted octanol–water partition coefficient (Wildman–Crippen LogP) is 1.98. The average molecular weight is 256 g/mol. The molecule has 0 saturated carbocycles. The summed E-state index contributed by atoms with van der Waals surface area (Å²) in [4.78, 5) is 8.99. The van der Waals surface area contributed by atoms with Gasteiger partial charge in [0.1, 0.15) is 11.6 Å². The minimum absolute atomic E-state index is 0.666. The van der Waals surface area contributed by atoms with E-state index in [1.165, 1.54) is 5.56 Å². The summed E-state index contributed by atoms with van der Waals surface area (Å²) >= 11 is 0. The molecule has 1 aliphatic rings. The Hall–Kier alpha value is -2.14. The molecular formula is C14H16N4O. The minimum atomic E-state index is 0.666. The number of ether oxygens (including phenoxy) is 1. The van der Waals surface area contributed by atoms with Crippen molar-refractivity contribution in [3.05, 3.63) is 35.0 Å². The summed E-state index contributed by atoms with van der Waals surface area (Å²) < 4.78 is 5.50. The zero-order valence-electron chi connectivity index (χ0n) is 11.0. The van der Waals surface area contributed by atoms with Crippen LogP contribution in [0.15, 0.2) is 18.2 Å². The number of nitrogen functional groups attached to an aromatic ring is 1. The van der Waals surface area contributed by atoms with Crippen molar-refractivity contribution in [1.82, 2.24) is 9.97 Å². The molecular weight excluding hydrogens is 240 g/mol. The topological polar surface area (TPSA) is 73.1 Å². The smallest absolute Gasteiger partial charge is 0.161 e. The van der Waals surface area contributed by atoms with E-state index in [0.29, 0.717) is 11.6 Å². The van der Waals surface area contributed by atoms with Crippen molar-refractivity contribution in [2.75, 3.05) is 12.0 Å². The monoisotopic (exact) mass is 256 g/mol. The first-order valence-electron chi connectivity index (χ1n) is 6.27. The van der Waals surface area contributed by atoms with Crippen LogP contribution in [0.4, 0.5) is 5.82 Å². The first kappa shape index (κ1) is 11.9. The lowest BCUT2D eigenvalue weighted by atomic mass is 10.1. The Labute approximate surface area is 111 Å². The van der Waals surface area contributed by atoms with Crippen LogP contribution in [0.5, 0.6) is 5.75 Å². The lowest BCUT2D eigenvalue weighted by Gasteiger charge is -2.10. The quantitative estimate of drug-likeness (QED) is 0.635. The molecule has 3 rings (SSSR count). The third-order valence-corrected chi connectivity index (χ3v) is 3.47. The van der Waals surface area contributed by atoms with E-state index in [2.05, 4.69) is 21.5 Å². The van der Waals surface area contributed by atoms with Crippen molar-refractivity contribution in [2.24, 2.45) is 5.84 Å².